The van der Waals surface area contributed by atoms with Crippen molar-refractivity contribution in [3.05, 3.63) is 57.4 Å². The van der Waals surface area contributed by atoms with Crippen molar-refractivity contribution in [1.82, 2.24) is 13.7 Å². The first-order valence-electron chi connectivity index (χ1n) is 9.83. The molecule has 7 heteroatoms. The molecular formula is C21H27N4O3+. The Kier molecular flexibility index (Phi) is 5.19. The van der Waals surface area contributed by atoms with Crippen molar-refractivity contribution in [2.75, 3.05) is 32.8 Å². The predicted molar refractivity (Wildman–Crippen MR) is 109 cm³/mol. The van der Waals surface area contributed by atoms with Crippen molar-refractivity contribution in [2.45, 2.75) is 13.0 Å². The van der Waals surface area contributed by atoms with Gasteiger partial charge in [0.05, 0.1) is 36.4 Å². The van der Waals surface area contributed by atoms with Crippen LogP contribution < -0.4 is 16.1 Å². The molecule has 4 rings (SSSR count). The fourth-order valence-electron chi connectivity index (χ4n) is 4.08. The number of ether oxygens (including phenoxy) is 1. The first kappa shape index (κ1) is 18.7. The Morgan fingerprint density at radius 2 is 1.75 bits per heavy atom. The maximum Gasteiger partial charge on any atom is 0.330 e. The van der Waals surface area contributed by atoms with Crippen LogP contribution in [0.15, 0.2) is 46.1 Å². The van der Waals surface area contributed by atoms with Gasteiger partial charge in [-0.1, -0.05) is 30.3 Å². The summed E-state index contributed by atoms with van der Waals surface area (Å²) in [6.07, 6.45) is 2.96. The highest BCUT2D eigenvalue weighted by Gasteiger charge is 2.20. The lowest BCUT2D eigenvalue weighted by Gasteiger charge is -2.23. The summed E-state index contributed by atoms with van der Waals surface area (Å²) >= 11 is 0. The normalized spacial score (nSPS) is 15.4. The van der Waals surface area contributed by atoms with Gasteiger partial charge in [-0.25, -0.2) is 4.79 Å². The molecule has 1 N–H and O–H groups in total. The quantitative estimate of drug-likeness (QED) is 0.675. The van der Waals surface area contributed by atoms with E-state index in [2.05, 4.69) is 4.57 Å². The van der Waals surface area contributed by atoms with Crippen LogP contribution in [0.1, 0.15) is 6.42 Å². The number of morpholine rings is 1. The van der Waals surface area contributed by atoms with E-state index in [1.165, 1.54) is 11.6 Å². The summed E-state index contributed by atoms with van der Waals surface area (Å²) in [5.41, 5.74) is 2.03. The molecule has 2 aromatic heterocycles. The van der Waals surface area contributed by atoms with Crippen LogP contribution in [0.5, 0.6) is 0 Å². The lowest BCUT2D eigenvalue weighted by atomic mass is 10.1. The van der Waals surface area contributed by atoms with Crippen molar-refractivity contribution < 1.29 is 9.64 Å². The van der Waals surface area contributed by atoms with Gasteiger partial charge in [0.2, 0.25) is 0 Å². The third kappa shape index (κ3) is 3.31. The number of benzene rings is 1. The minimum Gasteiger partial charge on any atom is -0.370 e. The van der Waals surface area contributed by atoms with E-state index in [0.29, 0.717) is 10.9 Å². The molecule has 0 unspecified atom stereocenters. The van der Waals surface area contributed by atoms with E-state index in [1.54, 1.807) is 16.5 Å². The lowest BCUT2D eigenvalue weighted by Crippen LogP contribution is -3.14. The second-order valence-electron chi connectivity index (χ2n) is 7.47. The predicted octanol–water partition coefficient (Wildman–Crippen LogP) is 0.0109. The van der Waals surface area contributed by atoms with Crippen LogP contribution in [0, 0.1) is 0 Å². The molecule has 148 valence electrons. The van der Waals surface area contributed by atoms with E-state index in [9.17, 15) is 9.59 Å². The Labute approximate surface area is 163 Å². The molecule has 0 bridgehead atoms. The van der Waals surface area contributed by atoms with Crippen molar-refractivity contribution in [3.8, 4) is 11.3 Å². The van der Waals surface area contributed by atoms with Crippen molar-refractivity contribution in [1.29, 1.82) is 0 Å². The average Bonchev–Trinajstić information content (AvgIpc) is 3.12. The summed E-state index contributed by atoms with van der Waals surface area (Å²) in [6.45, 7) is 5.64. The number of fused-ring (bicyclic) bond motifs is 1. The summed E-state index contributed by atoms with van der Waals surface area (Å²) in [5, 5.41) is 0.606. The number of nitrogens with zero attached hydrogens (tertiary/aromatic N) is 3. The molecule has 1 aliphatic rings. The zero-order chi connectivity index (χ0) is 19.7. The van der Waals surface area contributed by atoms with Gasteiger partial charge < -0.3 is 14.2 Å². The molecule has 28 heavy (non-hydrogen) atoms. The van der Waals surface area contributed by atoms with Crippen LogP contribution in [-0.4, -0.2) is 46.5 Å². The smallest absolute Gasteiger partial charge is 0.330 e. The summed E-state index contributed by atoms with van der Waals surface area (Å²) < 4.78 is 10.3. The minimum absolute atomic E-state index is 0.241. The molecule has 7 nitrogen and oxygen atoms in total. The van der Waals surface area contributed by atoms with Crippen LogP contribution >= 0.6 is 0 Å². The SMILES string of the molecule is Cn1c(=O)c2c(-c3ccccc3)n(CCC[NH+]3CCOCC3)cc2n(C)c1=O. The Morgan fingerprint density at radius 3 is 2.46 bits per heavy atom. The van der Waals surface area contributed by atoms with Gasteiger partial charge in [-0.05, 0) is 5.56 Å². The number of quaternary nitrogens is 1. The Morgan fingerprint density at radius 1 is 1.04 bits per heavy atom. The van der Waals surface area contributed by atoms with Crippen LogP contribution in [0.3, 0.4) is 0 Å². The van der Waals surface area contributed by atoms with E-state index >= 15 is 0 Å². The molecule has 1 aromatic carbocycles. The van der Waals surface area contributed by atoms with Gasteiger partial charge in [-0.15, -0.1) is 0 Å². The van der Waals surface area contributed by atoms with Crippen molar-refractivity contribution >= 4 is 10.9 Å². The van der Waals surface area contributed by atoms with Gasteiger partial charge in [0.15, 0.2) is 0 Å². The topological polar surface area (TPSA) is 62.6 Å². The molecule has 0 spiro atoms. The third-order valence-electron chi connectivity index (χ3n) is 5.69. The summed E-state index contributed by atoms with van der Waals surface area (Å²) in [4.78, 5) is 26.9. The molecule has 1 saturated heterocycles. The first-order valence-corrected chi connectivity index (χ1v) is 9.83. The number of hydrogen-bond donors (Lipinski definition) is 1. The van der Waals surface area contributed by atoms with E-state index in [1.807, 2.05) is 36.5 Å². The zero-order valence-electron chi connectivity index (χ0n) is 16.5. The number of hydrogen-bond acceptors (Lipinski definition) is 3. The summed E-state index contributed by atoms with van der Waals surface area (Å²) in [6, 6.07) is 9.95. The molecule has 1 aliphatic heterocycles. The highest BCUT2D eigenvalue weighted by atomic mass is 16.5. The monoisotopic (exact) mass is 383 g/mol. The Hall–Kier alpha value is -2.64. The number of nitrogens with one attached hydrogen (secondary N) is 1. The molecular weight excluding hydrogens is 356 g/mol. The molecule has 0 aliphatic carbocycles. The Balaban J connectivity index is 1.76. The van der Waals surface area contributed by atoms with Crippen LogP contribution in [0.2, 0.25) is 0 Å². The van der Waals surface area contributed by atoms with Crippen molar-refractivity contribution in [2.24, 2.45) is 14.1 Å². The maximum atomic E-state index is 12.9. The largest absolute Gasteiger partial charge is 0.370 e. The average molecular weight is 383 g/mol. The molecule has 0 radical (unpaired) electrons. The molecule has 0 atom stereocenters. The first-order chi connectivity index (χ1) is 13.6. The minimum atomic E-state index is -0.299. The molecule has 3 aromatic rings. The molecule has 0 saturated carbocycles. The number of aryl methyl sites for hydroxylation is 2. The third-order valence-corrected chi connectivity index (χ3v) is 5.69. The van der Waals surface area contributed by atoms with Gasteiger partial charge in [-0.3, -0.25) is 13.9 Å². The second-order valence-corrected chi connectivity index (χ2v) is 7.47. The Bertz CT molecular complexity index is 1090. The van der Waals surface area contributed by atoms with Gasteiger partial charge in [0.25, 0.3) is 5.56 Å². The van der Waals surface area contributed by atoms with Gasteiger partial charge in [-0.2, -0.15) is 0 Å². The van der Waals surface area contributed by atoms with Crippen LogP contribution in [0.4, 0.5) is 0 Å². The highest BCUT2D eigenvalue weighted by molar-refractivity contribution is 5.93. The maximum absolute atomic E-state index is 12.9. The summed E-state index contributed by atoms with van der Waals surface area (Å²) in [5.74, 6) is 0. The van der Waals surface area contributed by atoms with E-state index in [-0.39, 0.29) is 11.2 Å². The fraction of sp³-hybridized carbons (Fsp3) is 0.429. The van der Waals surface area contributed by atoms with E-state index < -0.39 is 0 Å². The standard InChI is InChI=1S/C21H26N4O3/c1-22-17-15-25(10-6-9-24-11-13-28-14-12-24)19(16-7-4-3-5-8-16)18(17)20(26)23(2)21(22)27/h3-5,7-8,15H,6,9-14H2,1-2H3/p+1. The molecule has 3 heterocycles. The lowest BCUT2D eigenvalue weighted by molar-refractivity contribution is -0.908. The number of rotatable bonds is 5. The van der Waals surface area contributed by atoms with E-state index in [4.69, 9.17) is 4.74 Å². The zero-order valence-corrected chi connectivity index (χ0v) is 16.5. The molecule has 0 amide bonds. The van der Waals surface area contributed by atoms with Crippen LogP contribution in [0.25, 0.3) is 22.2 Å². The molecule has 1 fully saturated rings. The highest BCUT2D eigenvalue weighted by Crippen LogP contribution is 2.28. The van der Waals surface area contributed by atoms with Gasteiger partial charge in [0, 0.05) is 33.3 Å². The number of aromatic nitrogens is 3. The van der Waals surface area contributed by atoms with Crippen LogP contribution in [-0.2, 0) is 25.4 Å². The second kappa shape index (κ2) is 7.77. The van der Waals surface area contributed by atoms with Crippen molar-refractivity contribution in [3.63, 3.8) is 0 Å². The fourth-order valence-corrected chi connectivity index (χ4v) is 4.08. The van der Waals surface area contributed by atoms with Gasteiger partial charge in [0.1, 0.15) is 13.1 Å². The van der Waals surface area contributed by atoms with E-state index in [0.717, 1.165) is 57.1 Å². The van der Waals surface area contributed by atoms with Gasteiger partial charge >= 0.3 is 5.69 Å². The summed E-state index contributed by atoms with van der Waals surface area (Å²) in [7, 11) is 3.26.